The first kappa shape index (κ1) is 36.2. The molecule has 2 aliphatic heterocycles. The van der Waals surface area contributed by atoms with Crippen LogP contribution in [0.25, 0.3) is 16.6 Å². The number of ether oxygens (including phenoxy) is 1. The lowest BCUT2D eigenvalue weighted by Crippen LogP contribution is -2.54. The van der Waals surface area contributed by atoms with Crippen molar-refractivity contribution in [1.82, 2.24) is 19.7 Å². The van der Waals surface area contributed by atoms with Crippen LogP contribution in [0, 0.1) is 0 Å². The topological polar surface area (TPSA) is 92.8 Å². The van der Waals surface area contributed by atoms with Crippen molar-refractivity contribution in [2.75, 3.05) is 39.3 Å². The predicted molar refractivity (Wildman–Crippen MR) is 189 cm³/mol. The van der Waals surface area contributed by atoms with Crippen LogP contribution in [0.4, 0.5) is 13.2 Å². The zero-order valence-corrected chi connectivity index (χ0v) is 29.1. The fourth-order valence-corrected chi connectivity index (χ4v) is 7.37. The Hall–Kier alpha value is -3.61. The molecule has 1 aromatic heterocycles. The molecule has 2 aliphatic rings. The number of fused-ring (bicyclic) bond motifs is 1. The summed E-state index contributed by atoms with van der Waals surface area (Å²) in [6.45, 7) is 4.46. The predicted octanol–water partition coefficient (Wildman–Crippen LogP) is 7.16. The number of hydrogen-bond donors (Lipinski definition) is 2. The number of carbonyl (C=O) groups is 2. The van der Waals surface area contributed by atoms with Gasteiger partial charge in [0.25, 0.3) is 5.91 Å². The number of aryl methyl sites for hydroxylation is 1. The van der Waals surface area contributed by atoms with E-state index >= 15 is 0 Å². The number of ketones is 1. The first-order valence-corrected chi connectivity index (χ1v) is 17.6. The molecule has 266 valence electrons. The van der Waals surface area contributed by atoms with Gasteiger partial charge in [0.1, 0.15) is 5.75 Å². The molecule has 8 nitrogen and oxygen atoms in total. The van der Waals surface area contributed by atoms with E-state index in [4.69, 9.17) is 28.9 Å². The van der Waals surface area contributed by atoms with Crippen LogP contribution in [-0.2, 0) is 17.8 Å². The fourth-order valence-electron chi connectivity index (χ4n) is 6.85. The molecule has 2 saturated heterocycles. The number of nitrogens with one attached hydrogen (secondary N) is 1. The number of aromatic nitrogens is 1. The molecule has 0 unspecified atom stereocenters. The summed E-state index contributed by atoms with van der Waals surface area (Å²) in [5.74, 6) is -0.322. The summed E-state index contributed by atoms with van der Waals surface area (Å²) in [6.07, 6.45) is 0.963. The molecule has 2 fully saturated rings. The molecule has 6 rings (SSSR count). The Morgan fingerprint density at radius 2 is 1.60 bits per heavy atom. The molecule has 0 saturated carbocycles. The third-order valence-electron chi connectivity index (χ3n) is 9.74. The monoisotopic (exact) mass is 729 g/mol. The average Bonchev–Trinajstić information content (AvgIpc) is 3.46. The Morgan fingerprint density at radius 1 is 0.920 bits per heavy atom. The maximum atomic E-state index is 13.8. The zero-order chi connectivity index (χ0) is 35.5. The third-order valence-corrected chi connectivity index (χ3v) is 10.4. The van der Waals surface area contributed by atoms with Crippen molar-refractivity contribution in [2.24, 2.45) is 5.73 Å². The van der Waals surface area contributed by atoms with Crippen molar-refractivity contribution in [3.05, 3.63) is 93.6 Å². The number of piperidine rings is 1. The first-order chi connectivity index (χ1) is 23.9. The van der Waals surface area contributed by atoms with Crippen LogP contribution < -0.4 is 15.8 Å². The van der Waals surface area contributed by atoms with Gasteiger partial charge in [-0.25, -0.2) is 0 Å². The quantitative estimate of drug-likeness (QED) is 0.159. The van der Waals surface area contributed by atoms with E-state index in [1.54, 1.807) is 12.1 Å². The Bertz CT molecular complexity index is 1810. The third kappa shape index (κ3) is 8.46. The fraction of sp³-hybridized carbons (Fsp3) is 0.405. The summed E-state index contributed by atoms with van der Waals surface area (Å²) >= 11 is 12.8. The summed E-state index contributed by atoms with van der Waals surface area (Å²) in [5, 5.41) is 5.41. The van der Waals surface area contributed by atoms with Crippen LogP contribution in [0.2, 0.25) is 10.0 Å². The van der Waals surface area contributed by atoms with Gasteiger partial charge in [0.2, 0.25) is 0 Å². The highest BCUT2D eigenvalue weighted by atomic mass is 35.5. The molecule has 0 radical (unpaired) electrons. The maximum Gasteiger partial charge on any atom is 0.573 e. The molecule has 0 atom stereocenters. The Balaban J connectivity index is 1.18. The Kier molecular flexibility index (Phi) is 11.1. The van der Waals surface area contributed by atoms with E-state index in [-0.39, 0.29) is 17.4 Å². The number of nitrogens with two attached hydrogens (primary N) is 1. The highest BCUT2D eigenvalue weighted by molar-refractivity contribution is 6.36. The average molecular weight is 731 g/mol. The van der Waals surface area contributed by atoms with Crippen molar-refractivity contribution in [3.8, 4) is 11.4 Å². The molecule has 1 amide bonds. The van der Waals surface area contributed by atoms with Crippen molar-refractivity contribution in [3.63, 3.8) is 0 Å². The number of carbonyl (C=O) groups excluding carboxylic acids is 2. The van der Waals surface area contributed by atoms with Gasteiger partial charge in [0.05, 0.1) is 11.1 Å². The van der Waals surface area contributed by atoms with Crippen LogP contribution in [0.3, 0.4) is 0 Å². The molecule has 3 heterocycles. The molecule has 13 heteroatoms. The van der Waals surface area contributed by atoms with Crippen LogP contribution in [0.1, 0.15) is 53.6 Å². The first-order valence-electron chi connectivity index (χ1n) is 16.9. The number of nitrogens with zero attached hydrogens (tertiary/aromatic N) is 3. The lowest BCUT2D eigenvalue weighted by Gasteiger charge is -2.35. The molecule has 0 aliphatic carbocycles. The Morgan fingerprint density at radius 3 is 2.26 bits per heavy atom. The van der Waals surface area contributed by atoms with Gasteiger partial charge in [-0.2, -0.15) is 0 Å². The normalized spacial score (nSPS) is 16.9. The highest BCUT2D eigenvalue weighted by Gasteiger charge is 2.34. The van der Waals surface area contributed by atoms with Gasteiger partial charge in [-0.3, -0.25) is 14.5 Å². The zero-order valence-electron chi connectivity index (χ0n) is 27.6. The number of alkyl halides is 3. The lowest BCUT2D eigenvalue weighted by molar-refractivity contribution is -0.274. The summed E-state index contributed by atoms with van der Waals surface area (Å²) in [5.41, 5.74) is 9.43. The van der Waals surface area contributed by atoms with Gasteiger partial charge < -0.3 is 25.3 Å². The van der Waals surface area contributed by atoms with E-state index in [2.05, 4.69) is 15.0 Å². The number of Topliss-reactive ketones (excluding diaryl/α,β-unsaturated/α-hetero) is 1. The number of piperazine rings is 1. The van der Waals surface area contributed by atoms with Crippen LogP contribution in [0.5, 0.6) is 5.75 Å². The standard InChI is InChI=1S/C37H40Cl2F3N5O3/c38-31-5-3-6-32(39)30(31)24-45-18-20-46(21-19-45)35(49)25-8-13-29-26(4-1-2-7-34(48)36(43)14-16-44-17-15-36)23-47(33(29)22-25)27-9-11-28(12-10-27)50-37(40,41)42/h3,5-6,8-13,22-23,44H,1-2,4,7,14-21,24,43H2. The maximum absolute atomic E-state index is 13.8. The molecule has 3 aromatic carbocycles. The van der Waals surface area contributed by atoms with E-state index < -0.39 is 11.9 Å². The van der Waals surface area contributed by atoms with E-state index in [0.29, 0.717) is 86.1 Å². The largest absolute Gasteiger partial charge is 0.573 e. The summed E-state index contributed by atoms with van der Waals surface area (Å²) < 4.78 is 44.4. The minimum atomic E-state index is -4.80. The van der Waals surface area contributed by atoms with E-state index in [9.17, 15) is 22.8 Å². The number of amides is 1. The summed E-state index contributed by atoms with van der Waals surface area (Å²) in [4.78, 5) is 30.7. The summed E-state index contributed by atoms with van der Waals surface area (Å²) in [6, 6.07) is 16.7. The molecule has 4 aromatic rings. The van der Waals surface area contributed by atoms with Gasteiger partial charge in [-0.05, 0) is 99.3 Å². The number of benzene rings is 3. The van der Waals surface area contributed by atoms with E-state index in [1.807, 2.05) is 52.1 Å². The van der Waals surface area contributed by atoms with Gasteiger partial charge in [0, 0.05) is 77.6 Å². The molecular formula is C37H40Cl2F3N5O3. The SMILES string of the molecule is NC1(C(=O)CCCCc2cn(-c3ccc(OC(F)(F)F)cc3)c3cc(C(=O)N4CCN(Cc5c(Cl)cccc5Cl)CC4)ccc23)CCNCC1. The number of halogens is 5. The van der Waals surface area contributed by atoms with Gasteiger partial charge in [-0.15, -0.1) is 13.2 Å². The van der Waals surface area contributed by atoms with Crippen LogP contribution in [-0.4, -0.2) is 77.2 Å². The Labute approximate surface area is 299 Å². The number of rotatable bonds is 11. The molecule has 0 spiro atoms. The van der Waals surface area contributed by atoms with Crippen molar-refractivity contribution in [2.45, 2.75) is 57.0 Å². The second-order valence-electron chi connectivity index (χ2n) is 13.1. The lowest BCUT2D eigenvalue weighted by atomic mass is 9.83. The number of hydrogen-bond acceptors (Lipinski definition) is 6. The smallest absolute Gasteiger partial charge is 0.406 e. The molecule has 50 heavy (non-hydrogen) atoms. The van der Waals surface area contributed by atoms with Gasteiger partial charge in [-0.1, -0.05) is 35.3 Å². The van der Waals surface area contributed by atoms with E-state index in [1.165, 1.54) is 12.1 Å². The van der Waals surface area contributed by atoms with Gasteiger partial charge in [0.15, 0.2) is 5.78 Å². The van der Waals surface area contributed by atoms with E-state index in [0.717, 1.165) is 41.5 Å². The summed E-state index contributed by atoms with van der Waals surface area (Å²) in [7, 11) is 0. The second kappa shape index (κ2) is 15.3. The van der Waals surface area contributed by atoms with Crippen molar-refractivity contribution >= 4 is 45.8 Å². The molecule has 3 N–H and O–H groups in total. The molecule has 0 bridgehead atoms. The van der Waals surface area contributed by atoms with Crippen LogP contribution in [0.15, 0.2) is 66.9 Å². The van der Waals surface area contributed by atoms with Crippen molar-refractivity contribution < 1.29 is 27.5 Å². The highest BCUT2D eigenvalue weighted by Crippen LogP contribution is 2.31. The number of unbranched alkanes of at least 4 members (excludes halogenated alkanes) is 1. The van der Waals surface area contributed by atoms with Crippen LogP contribution >= 0.6 is 23.2 Å². The molecular weight excluding hydrogens is 690 g/mol. The van der Waals surface area contributed by atoms with Gasteiger partial charge >= 0.3 is 6.36 Å². The minimum Gasteiger partial charge on any atom is -0.406 e. The second-order valence-corrected chi connectivity index (χ2v) is 13.9. The minimum absolute atomic E-state index is 0.0965. The van der Waals surface area contributed by atoms with Crippen molar-refractivity contribution in [1.29, 1.82) is 0 Å².